The predicted molar refractivity (Wildman–Crippen MR) is 98.2 cm³/mol. The van der Waals surface area contributed by atoms with Gasteiger partial charge in [0.1, 0.15) is 0 Å². The number of rotatable bonds is 2. The molecule has 4 rings (SSSR count). The molecule has 0 fully saturated rings. The van der Waals surface area contributed by atoms with Gasteiger partial charge >= 0.3 is 0 Å². The summed E-state index contributed by atoms with van der Waals surface area (Å²) < 4.78 is 0. The van der Waals surface area contributed by atoms with Crippen LogP contribution in [0.3, 0.4) is 0 Å². The van der Waals surface area contributed by atoms with E-state index in [1.165, 1.54) is 11.3 Å². The highest BCUT2D eigenvalue weighted by Gasteiger charge is 2.34. The molecule has 1 aliphatic carbocycles. The second kappa shape index (κ2) is 5.74. The molecule has 5 nitrogen and oxygen atoms in total. The second-order valence-electron chi connectivity index (χ2n) is 7.10. The van der Waals surface area contributed by atoms with Gasteiger partial charge in [0.2, 0.25) is 0 Å². The molecular weight excluding hydrogens is 334 g/mol. The zero-order chi connectivity index (χ0) is 17.6. The van der Waals surface area contributed by atoms with Gasteiger partial charge in [-0.2, -0.15) is 0 Å². The minimum absolute atomic E-state index is 0.0786. The maximum Gasteiger partial charge on any atom is 0.257 e. The molecule has 0 spiro atoms. The first kappa shape index (κ1) is 15.9. The number of fused-ring (bicyclic) bond motifs is 2. The number of aromatic nitrogens is 2. The van der Waals surface area contributed by atoms with E-state index in [4.69, 9.17) is 0 Å². The third kappa shape index (κ3) is 3.05. The number of pyridine rings is 1. The van der Waals surface area contributed by atoms with Gasteiger partial charge in [-0.15, -0.1) is 0 Å². The third-order valence-corrected chi connectivity index (χ3v) is 5.38. The smallest absolute Gasteiger partial charge is 0.257 e. The topological polar surface area (TPSA) is 72.0 Å². The van der Waals surface area contributed by atoms with Crippen molar-refractivity contribution in [1.82, 2.24) is 9.97 Å². The Kier molecular flexibility index (Phi) is 3.65. The molecule has 126 valence electrons. The summed E-state index contributed by atoms with van der Waals surface area (Å²) in [5.41, 5.74) is 2.10. The van der Waals surface area contributed by atoms with E-state index in [2.05, 4.69) is 29.1 Å². The van der Waals surface area contributed by atoms with Crippen molar-refractivity contribution >= 4 is 39.1 Å². The zero-order valence-electron chi connectivity index (χ0n) is 14.0. The van der Waals surface area contributed by atoms with Crippen LogP contribution in [0, 0.1) is 5.41 Å². The first-order valence-electron chi connectivity index (χ1n) is 8.10. The fourth-order valence-corrected chi connectivity index (χ4v) is 4.07. The number of benzene rings is 1. The highest BCUT2D eigenvalue weighted by molar-refractivity contribution is 7.17. The van der Waals surface area contributed by atoms with Crippen LogP contribution in [0.2, 0.25) is 0 Å². The molecule has 1 amide bonds. The van der Waals surface area contributed by atoms with Crippen molar-refractivity contribution in [2.75, 3.05) is 5.32 Å². The van der Waals surface area contributed by atoms with Crippen molar-refractivity contribution in [3.05, 3.63) is 52.7 Å². The largest absolute Gasteiger partial charge is 0.298 e. The number of carbonyl (C=O) groups excluding carboxylic acids is 2. The molecule has 0 atom stereocenters. The Morgan fingerprint density at radius 1 is 1.24 bits per heavy atom. The summed E-state index contributed by atoms with van der Waals surface area (Å²) in [6.07, 6.45) is 3.00. The number of thiazole rings is 1. The van der Waals surface area contributed by atoms with Crippen LogP contribution >= 0.6 is 11.3 Å². The Morgan fingerprint density at radius 2 is 2.08 bits per heavy atom. The summed E-state index contributed by atoms with van der Waals surface area (Å²) in [7, 11) is 0. The molecule has 25 heavy (non-hydrogen) atoms. The average Bonchev–Trinajstić information content (AvgIpc) is 2.95. The number of anilines is 1. The molecule has 0 saturated heterocycles. The molecule has 1 aliphatic rings. The minimum atomic E-state index is -0.233. The molecule has 1 N–H and O–H groups in total. The van der Waals surface area contributed by atoms with Crippen LogP contribution in [0.15, 0.2) is 36.5 Å². The van der Waals surface area contributed by atoms with E-state index < -0.39 is 0 Å². The summed E-state index contributed by atoms with van der Waals surface area (Å²) in [5, 5.41) is 4.21. The van der Waals surface area contributed by atoms with Gasteiger partial charge in [-0.1, -0.05) is 31.3 Å². The van der Waals surface area contributed by atoms with Crippen molar-refractivity contribution < 1.29 is 9.59 Å². The van der Waals surface area contributed by atoms with Gasteiger partial charge in [0.05, 0.1) is 16.1 Å². The Balaban J connectivity index is 1.60. The third-order valence-electron chi connectivity index (χ3n) is 4.32. The second-order valence-corrected chi connectivity index (χ2v) is 8.10. The van der Waals surface area contributed by atoms with Gasteiger partial charge < -0.3 is 0 Å². The van der Waals surface area contributed by atoms with Crippen molar-refractivity contribution in [2.45, 2.75) is 26.7 Å². The van der Waals surface area contributed by atoms with Crippen molar-refractivity contribution in [2.24, 2.45) is 5.41 Å². The van der Waals surface area contributed by atoms with Gasteiger partial charge in [0.15, 0.2) is 10.9 Å². The highest BCUT2D eigenvalue weighted by Crippen LogP contribution is 2.38. The Bertz CT molecular complexity index is 1010. The van der Waals surface area contributed by atoms with E-state index in [1.807, 2.05) is 18.2 Å². The number of nitrogens with zero attached hydrogens (tertiary/aromatic N) is 2. The number of hydrogen-bond donors (Lipinski definition) is 1. The SMILES string of the molecule is CC1(C)CC(=O)c2sc(NC(=O)c3ccc4ncccc4c3)nc2C1. The number of Topliss-reactive ketones (excluding diaryl/α,β-unsaturated/α-hetero) is 1. The minimum Gasteiger partial charge on any atom is -0.298 e. The Morgan fingerprint density at radius 3 is 2.92 bits per heavy atom. The van der Waals surface area contributed by atoms with Crippen LogP contribution in [0.4, 0.5) is 5.13 Å². The van der Waals surface area contributed by atoms with Gasteiger partial charge in [0.25, 0.3) is 5.91 Å². The van der Waals surface area contributed by atoms with Gasteiger partial charge in [-0.05, 0) is 36.1 Å². The van der Waals surface area contributed by atoms with E-state index in [0.717, 1.165) is 23.0 Å². The molecule has 1 aromatic carbocycles. The summed E-state index contributed by atoms with van der Waals surface area (Å²) in [6.45, 7) is 4.13. The van der Waals surface area contributed by atoms with E-state index in [9.17, 15) is 9.59 Å². The standard InChI is InChI=1S/C19H17N3O2S/c1-19(2)9-14-16(15(23)10-19)25-18(21-14)22-17(24)12-5-6-13-11(8-12)4-3-7-20-13/h3-8H,9-10H2,1-2H3,(H,21,22,24). The summed E-state index contributed by atoms with van der Waals surface area (Å²) in [4.78, 5) is 34.2. The lowest BCUT2D eigenvalue weighted by Gasteiger charge is -2.26. The molecule has 0 saturated carbocycles. The molecule has 0 aliphatic heterocycles. The first-order chi connectivity index (χ1) is 11.9. The molecule has 2 aromatic heterocycles. The lowest BCUT2D eigenvalue weighted by atomic mass is 9.78. The van der Waals surface area contributed by atoms with E-state index in [1.54, 1.807) is 18.3 Å². The van der Waals surface area contributed by atoms with Gasteiger partial charge in [-0.3, -0.25) is 19.9 Å². The predicted octanol–water partition coefficient (Wildman–Crippen LogP) is 4.10. The lowest BCUT2D eigenvalue weighted by Crippen LogP contribution is -2.26. The van der Waals surface area contributed by atoms with Crippen LogP contribution in [-0.2, 0) is 6.42 Å². The number of ketones is 1. The van der Waals surface area contributed by atoms with E-state index >= 15 is 0 Å². The number of amides is 1. The van der Waals surface area contributed by atoms with Crippen molar-refractivity contribution in [3.8, 4) is 0 Å². The van der Waals surface area contributed by atoms with Gasteiger partial charge in [-0.25, -0.2) is 4.98 Å². The quantitative estimate of drug-likeness (QED) is 0.754. The van der Waals surface area contributed by atoms with Gasteiger partial charge in [0, 0.05) is 23.6 Å². The Hall–Kier alpha value is -2.60. The maximum atomic E-state index is 12.5. The fraction of sp³-hybridized carbons (Fsp3) is 0.263. The summed E-state index contributed by atoms with van der Waals surface area (Å²) in [5.74, 6) is -0.121. The number of nitrogens with one attached hydrogen (secondary N) is 1. The molecule has 6 heteroatoms. The molecule has 0 radical (unpaired) electrons. The van der Waals surface area contributed by atoms with E-state index in [-0.39, 0.29) is 17.1 Å². The van der Waals surface area contributed by atoms with Crippen molar-refractivity contribution in [3.63, 3.8) is 0 Å². The molecule has 2 heterocycles. The molecule has 0 bridgehead atoms. The van der Waals surface area contributed by atoms with E-state index in [0.29, 0.717) is 22.0 Å². The number of hydrogen-bond acceptors (Lipinski definition) is 5. The summed E-state index contributed by atoms with van der Waals surface area (Å²) in [6, 6.07) is 9.13. The fourth-order valence-electron chi connectivity index (χ4n) is 3.16. The molecule has 3 aromatic rings. The number of carbonyl (C=O) groups is 2. The molecule has 0 unspecified atom stereocenters. The zero-order valence-corrected chi connectivity index (χ0v) is 14.8. The Labute approximate surface area is 149 Å². The lowest BCUT2D eigenvalue weighted by molar-refractivity contribution is 0.0915. The average molecular weight is 351 g/mol. The first-order valence-corrected chi connectivity index (χ1v) is 8.92. The van der Waals surface area contributed by atoms with Crippen LogP contribution in [0.5, 0.6) is 0 Å². The monoisotopic (exact) mass is 351 g/mol. The van der Waals surface area contributed by atoms with Crippen LogP contribution in [0.1, 0.15) is 46.0 Å². The van der Waals surface area contributed by atoms with Crippen LogP contribution < -0.4 is 5.32 Å². The normalized spacial score (nSPS) is 15.8. The summed E-state index contributed by atoms with van der Waals surface area (Å²) >= 11 is 1.27. The van der Waals surface area contributed by atoms with Crippen molar-refractivity contribution in [1.29, 1.82) is 0 Å². The van der Waals surface area contributed by atoms with Crippen LogP contribution in [0.25, 0.3) is 10.9 Å². The maximum absolute atomic E-state index is 12.5. The highest BCUT2D eigenvalue weighted by atomic mass is 32.1. The van der Waals surface area contributed by atoms with Crippen LogP contribution in [-0.4, -0.2) is 21.7 Å². The molecular formula is C19H17N3O2S.